The van der Waals surface area contributed by atoms with E-state index < -0.39 is 0 Å². The highest BCUT2D eigenvalue weighted by molar-refractivity contribution is 7.98. The van der Waals surface area contributed by atoms with E-state index in [4.69, 9.17) is 0 Å². The maximum Gasteiger partial charge on any atom is 0.00953 e. The van der Waals surface area contributed by atoms with Gasteiger partial charge in [0, 0.05) is 6.04 Å². The number of hydrogen-bond acceptors (Lipinski definition) is 2. The highest BCUT2D eigenvalue weighted by Gasteiger charge is 2.29. The molecule has 1 fully saturated rings. The van der Waals surface area contributed by atoms with Crippen LogP contribution in [0.5, 0.6) is 0 Å². The average Bonchev–Trinajstić information content (AvgIpc) is 3.00. The predicted molar refractivity (Wildman–Crippen MR) is 67.0 cm³/mol. The zero-order valence-corrected chi connectivity index (χ0v) is 10.5. The largest absolute Gasteiger partial charge is 0.314 e. The number of rotatable bonds is 9. The van der Waals surface area contributed by atoms with Gasteiger partial charge in [0.05, 0.1) is 0 Å². The lowest BCUT2D eigenvalue weighted by Crippen LogP contribution is -2.31. The van der Waals surface area contributed by atoms with Crippen molar-refractivity contribution in [2.24, 2.45) is 5.92 Å². The van der Waals surface area contributed by atoms with Gasteiger partial charge in [-0.05, 0) is 56.6 Å². The highest BCUT2D eigenvalue weighted by atomic mass is 32.2. The first kappa shape index (κ1) is 12.4. The van der Waals surface area contributed by atoms with E-state index in [2.05, 4.69) is 18.5 Å². The van der Waals surface area contributed by atoms with E-state index >= 15 is 0 Å². The molecule has 1 saturated carbocycles. The smallest absolute Gasteiger partial charge is 0.00953 e. The molecule has 14 heavy (non-hydrogen) atoms. The Morgan fingerprint density at radius 1 is 1.36 bits per heavy atom. The second-order valence-electron chi connectivity index (χ2n) is 4.39. The van der Waals surface area contributed by atoms with E-state index in [-0.39, 0.29) is 0 Å². The number of nitrogens with one attached hydrogen (secondary N) is 1. The van der Waals surface area contributed by atoms with E-state index in [0.717, 1.165) is 12.0 Å². The van der Waals surface area contributed by atoms with Crippen molar-refractivity contribution in [3.05, 3.63) is 0 Å². The second kappa shape index (κ2) is 7.58. The summed E-state index contributed by atoms with van der Waals surface area (Å²) in [7, 11) is 0. The molecule has 0 aromatic rings. The minimum Gasteiger partial charge on any atom is -0.314 e. The van der Waals surface area contributed by atoms with E-state index in [9.17, 15) is 0 Å². The lowest BCUT2D eigenvalue weighted by atomic mass is 10.1. The molecule has 0 amide bonds. The van der Waals surface area contributed by atoms with Crippen LogP contribution in [0.25, 0.3) is 0 Å². The van der Waals surface area contributed by atoms with Crippen LogP contribution in [0, 0.1) is 5.92 Å². The van der Waals surface area contributed by atoms with Crippen molar-refractivity contribution in [1.29, 1.82) is 0 Å². The van der Waals surface area contributed by atoms with Gasteiger partial charge >= 0.3 is 0 Å². The molecule has 1 unspecified atom stereocenters. The molecule has 0 heterocycles. The Morgan fingerprint density at radius 3 is 2.71 bits per heavy atom. The van der Waals surface area contributed by atoms with Crippen LogP contribution < -0.4 is 5.32 Å². The van der Waals surface area contributed by atoms with E-state index in [0.29, 0.717) is 0 Å². The van der Waals surface area contributed by atoms with Crippen LogP contribution >= 0.6 is 11.8 Å². The molecule has 0 spiro atoms. The van der Waals surface area contributed by atoms with Crippen LogP contribution in [0.15, 0.2) is 0 Å². The molecule has 1 rings (SSSR count). The van der Waals surface area contributed by atoms with E-state index in [1.54, 1.807) is 0 Å². The zero-order chi connectivity index (χ0) is 10.2. The van der Waals surface area contributed by atoms with Crippen LogP contribution in [-0.2, 0) is 0 Å². The summed E-state index contributed by atoms with van der Waals surface area (Å²) in [6.45, 7) is 3.47. The molecule has 0 radical (unpaired) electrons. The summed E-state index contributed by atoms with van der Waals surface area (Å²) in [5, 5.41) is 3.70. The van der Waals surface area contributed by atoms with Crippen LogP contribution in [0.3, 0.4) is 0 Å². The lowest BCUT2D eigenvalue weighted by Gasteiger charge is -2.17. The lowest BCUT2D eigenvalue weighted by molar-refractivity contribution is 0.423. The first-order valence-corrected chi connectivity index (χ1v) is 7.50. The second-order valence-corrected chi connectivity index (χ2v) is 5.37. The van der Waals surface area contributed by atoms with E-state index in [1.165, 1.54) is 50.8 Å². The summed E-state index contributed by atoms with van der Waals surface area (Å²) in [4.78, 5) is 0. The van der Waals surface area contributed by atoms with Gasteiger partial charge < -0.3 is 5.32 Å². The Hall–Kier alpha value is 0.310. The van der Waals surface area contributed by atoms with Crippen molar-refractivity contribution in [2.45, 2.75) is 51.5 Å². The number of unbranched alkanes of at least 4 members (excludes halogenated alkanes) is 1. The molecule has 0 aromatic heterocycles. The molecular weight excluding hydrogens is 190 g/mol. The maximum atomic E-state index is 3.70. The molecule has 1 aliphatic rings. The zero-order valence-electron chi connectivity index (χ0n) is 9.72. The predicted octanol–water partition coefficient (Wildman–Crippen LogP) is 3.30. The van der Waals surface area contributed by atoms with Crippen molar-refractivity contribution in [3.8, 4) is 0 Å². The Morgan fingerprint density at radius 2 is 2.14 bits per heavy atom. The molecule has 84 valence electrons. The van der Waals surface area contributed by atoms with Crippen LogP contribution in [-0.4, -0.2) is 24.6 Å². The third-order valence-corrected chi connectivity index (χ3v) is 3.66. The Balaban J connectivity index is 2.02. The standard InChI is InChI=1S/C12H25NS/c1-3-9-13-12(11-7-8-11)6-4-5-10-14-2/h11-13H,3-10H2,1-2H3. The summed E-state index contributed by atoms with van der Waals surface area (Å²) in [6.07, 6.45) is 10.7. The topological polar surface area (TPSA) is 12.0 Å². The van der Waals surface area contributed by atoms with Gasteiger partial charge in [-0.15, -0.1) is 0 Å². The van der Waals surface area contributed by atoms with Gasteiger partial charge in [-0.25, -0.2) is 0 Å². The molecule has 0 bridgehead atoms. The molecule has 1 nitrogen and oxygen atoms in total. The molecule has 1 N–H and O–H groups in total. The molecule has 0 aliphatic heterocycles. The maximum absolute atomic E-state index is 3.70. The fourth-order valence-corrected chi connectivity index (χ4v) is 2.44. The first-order chi connectivity index (χ1) is 6.88. The van der Waals surface area contributed by atoms with Gasteiger partial charge in [0.25, 0.3) is 0 Å². The summed E-state index contributed by atoms with van der Waals surface area (Å²) in [5.74, 6) is 2.36. The molecule has 2 heteroatoms. The van der Waals surface area contributed by atoms with Gasteiger partial charge in [0.2, 0.25) is 0 Å². The van der Waals surface area contributed by atoms with E-state index in [1.807, 2.05) is 11.8 Å². The Labute approximate surface area is 93.4 Å². The minimum atomic E-state index is 0.844. The monoisotopic (exact) mass is 215 g/mol. The molecule has 1 aliphatic carbocycles. The fraction of sp³-hybridized carbons (Fsp3) is 1.00. The normalized spacial score (nSPS) is 18.4. The van der Waals surface area contributed by atoms with Gasteiger partial charge in [-0.3, -0.25) is 0 Å². The van der Waals surface area contributed by atoms with Crippen LogP contribution in [0.1, 0.15) is 45.4 Å². The number of thioether (sulfide) groups is 1. The van der Waals surface area contributed by atoms with Crippen molar-refractivity contribution in [1.82, 2.24) is 5.32 Å². The summed E-state index contributed by atoms with van der Waals surface area (Å²) in [6, 6.07) is 0.844. The van der Waals surface area contributed by atoms with Gasteiger partial charge in [0.15, 0.2) is 0 Å². The van der Waals surface area contributed by atoms with Gasteiger partial charge in [-0.1, -0.05) is 13.3 Å². The quantitative estimate of drug-likeness (QED) is 0.592. The summed E-state index contributed by atoms with van der Waals surface area (Å²) < 4.78 is 0. The summed E-state index contributed by atoms with van der Waals surface area (Å²) in [5.41, 5.74) is 0. The van der Waals surface area contributed by atoms with Crippen molar-refractivity contribution in [3.63, 3.8) is 0 Å². The Kier molecular flexibility index (Phi) is 6.70. The average molecular weight is 215 g/mol. The minimum absolute atomic E-state index is 0.844. The highest BCUT2D eigenvalue weighted by Crippen LogP contribution is 2.34. The SMILES string of the molecule is CCCNC(CCCCSC)C1CC1. The molecule has 0 aromatic carbocycles. The van der Waals surface area contributed by atoms with Gasteiger partial charge in [-0.2, -0.15) is 11.8 Å². The van der Waals surface area contributed by atoms with Crippen LogP contribution in [0.4, 0.5) is 0 Å². The fourth-order valence-electron chi connectivity index (χ4n) is 1.94. The molecule has 1 atom stereocenters. The Bertz CT molecular complexity index is 134. The third kappa shape index (κ3) is 5.26. The van der Waals surface area contributed by atoms with Crippen LogP contribution in [0.2, 0.25) is 0 Å². The molecule has 0 saturated heterocycles. The van der Waals surface area contributed by atoms with Gasteiger partial charge in [0.1, 0.15) is 0 Å². The number of hydrogen-bond donors (Lipinski definition) is 1. The third-order valence-electron chi connectivity index (χ3n) is 2.96. The van der Waals surface area contributed by atoms with Crippen molar-refractivity contribution < 1.29 is 0 Å². The van der Waals surface area contributed by atoms with Crippen molar-refractivity contribution in [2.75, 3.05) is 18.6 Å². The van der Waals surface area contributed by atoms with Crippen molar-refractivity contribution >= 4 is 11.8 Å². The molecular formula is C12H25NS. The first-order valence-electron chi connectivity index (χ1n) is 6.10. The summed E-state index contributed by atoms with van der Waals surface area (Å²) >= 11 is 1.97.